The van der Waals surface area contributed by atoms with Gasteiger partial charge < -0.3 is 10.2 Å². The van der Waals surface area contributed by atoms with E-state index >= 15 is 0 Å². The van der Waals surface area contributed by atoms with E-state index in [1.54, 1.807) is 30.1 Å². The molecule has 0 spiro atoms. The molecule has 0 unspecified atom stereocenters. The van der Waals surface area contributed by atoms with E-state index < -0.39 is 0 Å². The summed E-state index contributed by atoms with van der Waals surface area (Å²) in [6.07, 6.45) is 0. The highest BCUT2D eigenvalue weighted by molar-refractivity contribution is 7.16. The van der Waals surface area contributed by atoms with Crippen LogP contribution in [0.3, 0.4) is 0 Å². The summed E-state index contributed by atoms with van der Waals surface area (Å²) in [7, 11) is 1.70. The van der Waals surface area contributed by atoms with Crippen molar-refractivity contribution in [2.24, 2.45) is 0 Å². The van der Waals surface area contributed by atoms with Crippen LogP contribution in [0, 0.1) is 6.92 Å². The first kappa shape index (κ1) is 16.5. The second-order valence-electron chi connectivity index (χ2n) is 4.95. The lowest BCUT2D eigenvalue weighted by atomic mass is 10.1. The highest BCUT2D eigenvalue weighted by Crippen LogP contribution is 2.22. The van der Waals surface area contributed by atoms with Crippen LogP contribution in [0.4, 0.5) is 0 Å². The lowest BCUT2D eigenvalue weighted by molar-refractivity contribution is -0.129. The Hall–Kier alpha value is -1.85. The number of amides is 2. The summed E-state index contributed by atoms with van der Waals surface area (Å²) in [6, 6.07) is 11.0. The second-order valence-corrected chi connectivity index (χ2v) is 6.75. The van der Waals surface area contributed by atoms with Gasteiger partial charge in [-0.3, -0.25) is 9.59 Å². The summed E-state index contributed by atoms with van der Waals surface area (Å²) < 4.78 is 0.698. The smallest absolute Gasteiger partial charge is 0.251 e. The Morgan fingerprint density at radius 3 is 2.59 bits per heavy atom. The van der Waals surface area contributed by atoms with Crippen LogP contribution in [-0.2, 0) is 11.3 Å². The van der Waals surface area contributed by atoms with Crippen molar-refractivity contribution in [3.8, 4) is 0 Å². The molecule has 116 valence electrons. The number of carbonyl (C=O) groups is 2. The van der Waals surface area contributed by atoms with Gasteiger partial charge in [-0.25, -0.2) is 0 Å². The Bertz CT molecular complexity index is 684. The van der Waals surface area contributed by atoms with Crippen LogP contribution in [-0.4, -0.2) is 30.3 Å². The Kier molecular flexibility index (Phi) is 5.57. The minimum absolute atomic E-state index is 0.0250. The molecular formula is C16H17ClN2O2S. The maximum absolute atomic E-state index is 12.1. The number of halogens is 1. The van der Waals surface area contributed by atoms with Gasteiger partial charge >= 0.3 is 0 Å². The maximum atomic E-state index is 12.1. The first-order valence-corrected chi connectivity index (χ1v) is 7.99. The summed E-state index contributed by atoms with van der Waals surface area (Å²) in [5, 5.41) is 2.66. The molecule has 1 heterocycles. The van der Waals surface area contributed by atoms with E-state index in [-0.39, 0.29) is 18.4 Å². The van der Waals surface area contributed by atoms with E-state index in [1.165, 1.54) is 11.3 Å². The minimum Gasteiger partial charge on any atom is -0.343 e. The maximum Gasteiger partial charge on any atom is 0.251 e. The van der Waals surface area contributed by atoms with Gasteiger partial charge in [0, 0.05) is 17.5 Å². The van der Waals surface area contributed by atoms with Gasteiger partial charge in [-0.2, -0.15) is 0 Å². The normalized spacial score (nSPS) is 10.3. The van der Waals surface area contributed by atoms with Crippen LogP contribution in [0.15, 0.2) is 36.4 Å². The number of carbonyl (C=O) groups excluding carboxylic acids is 2. The standard InChI is InChI=1S/C16H17ClN2O2S/c1-11-5-3-4-6-13(11)16(21)18-9-15(20)19(2)10-12-7-8-14(17)22-12/h3-8H,9-10H2,1-2H3,(H,18,21). The first-order chi connectivity index (χ1) is 10.5. The number of benzene rings is 1. The van der Waals surface area contributed by atoms with Gasteiger partial charge in [-0.1, -0.05) is 29.8 Å². The Morgan fingerprint density at radius 1 is 1.23 bits per heavy atom. The Labute approximate surface area is 138 Å². The van der Waals surface area contributed by atoms with Crippen LogP contribution in [0.1, 0.15) is 20.8 Å². The molecule has 6 heteroatoms. The fourth-order valence-electron chi connectivity index (χ4n) is 1.97. The number of thiophene rings is 1. The number of likely N-dealkylation sites (N-methyl/N-ethyl adjacent to an activating group) is 1. The molecule has 22 heavy (non-hydrogen) atoms. The van der Waals surface area contributed by atoms with Crippen molar-refractivity contribution in [1.82, 2.24) is 10.2 Å². The number of nitrogens with zero attached hydrogens (tertiary/aromatic N) is 1. The van der Waals surface area contributed by atoms with Gasteiger partial charge in [0.2, 0.25) is 5.91 Å². The van der Waals surface area contributed by atoms with Crippen LogP contribution >= 0.6 is 22.9 Å². The van der Waals surface area contributed by atoms with Crippen molar-refractivity contribution in [2.45, 2.75) is 13.5 Å². The third-order valence-electron chi connectivity index (χ3n) is 3.24. The highest BCUT2D eigenvalue weighted by Gasteiger charge is 2.13. The number of nitrogens with one attached hydrogen (secondary N) is 1. The molecule has 1 aromatic heterocycles. The zero-order valence-corrected chi connectivity index (χ0v) is 14.0. The average Bonchev–Trinajstić information content (AvgIpc) is 2.90. The molecule has 0 saturated heterocycles. The number of aryl methyl sites for hydroxylation is 1. The SMILES string of the molecule is Cc1ccccc1C(=O)NCC(=O)N(C)Cc1ccc(Cl)s1. The van der Waals surface area contributed by atoms with E-state index in [4.69, 9.17) is 11.6 Å². The van der Waals surface area contributed by atoms with Crippen molar-refractivity contribution < 1.29 is 9.59 Å². The lowest BCUT2D eigenvalue weighted by Gasteiger charge is -2.16. The molecule has 2 aromatic rings. The van der Waals surface area contributed by atoms with Crippen LogP contribution in [0.5, 0.6) is 0 Å². The predicted molar refractivity (Wildman–Crippen MR) is 89.3 cm³/mol. The molecule has 0 radical (unpaired) electrons. The third-order valence-corrected chi connectivity index (χ3v) is 4.45. The molecule has 0 aliphatic carbocycles. The van der Waals surface area contributed by atoms with Crippen molar-refractivity contribution in [3.05, 3.63) is 56.7 Å². The van der Waals surface area contributed by atoms with E-state index in [1.807, 2.05) is 25.1 Å². The topological polar surface area (TPSA) is 49.4 Å². The van der Waals surface area contributed by atoms with Crippen molar-refractivity contribution in [3.63, 3.8) is 0 Å². The van der Waals surface area contributed by atoms with Gasteiger partial charge in [0.25, 0.3) is 5.91 Å². The number of rotatable bonds is 5. The van der Waals surface area contributed by atoms with E-state index in [2.05, 4.69) is 5.32 Å². The molecule has 2 rings (SSSR count). The van der Waals surface area contributed by atoms with Gasteiger partial charge in [-0.15, -0.1) is 11.3 Å². The second kappa shape index (κ2) is 7.42. The third kappa shape index (κ3) is 4.32. The molecule has 1 N–H and O–H groups in total. The summed E-state index contributed by atoms with van der Waals surface area (Å²) in [4.78, 5) is 26.7. The molecule has 1 aromatic carbocycles. The van der Waals surface area contributed by atoms with E-state index in [9.17, 15) is 9.59 Å². The first-order valence-electron chi connectivity index (χ1n) is 6.79. The van der Waals surface area contributed by atoms with Gasteiger partial charge in [0.1, 0.15) is 0 Å². The quantitative estimate of drug-likeness (QED) is 0.912. The van der Waals surface area contributed by atoms with Crippen LogP contribution < -0.4 is 5.32 Å². The fourth-order valence-corrected chi connectivity index (χ4v) is 3.11. The van der Waals surface area contributed by atoms with Gasteiger partial charge in [0.15, 0.2) is 0 Å². The minimum atomic E-state index is -0.237. The average molecular weight is 337 g/mol. The molecule has 2 amide bonds. The van der Waals surface area contributed by atoms with Crippen LogP contribution in [0.25, 0.3) is 0 Å². The summed E-state index contributed by atoms with van der Waals surface area (Å²) in [5.41, 5.74) is 1.47. The predicted octanol–water partition coefficient (Wildman–Crippen LogP) is 3.10. The summed E-state index contributed by atoms with van der Waals surface area (Å²) >= 11 is 7.31. The van der Waals surface area contributed by atoms with Gasteiger partial charge in [-0.05, 0) is 30.7 Å². The molecule has 0 fully saturated rings. The van der Waals surface area contributed by atoms with Crippen LogP contribution in [0.2, 0.25) is 4.34 Å². The van der Waals surface area contributed by atoms with Crippen molar-refractivity contribution in [2.75, 3.05) is 13.6 Å². The molecular weight excluding hydrogens is 320 g/mol. The largest absolute Gasteiger partial charge is 0.343 e. The Balaban J connectivity index is 1.87. The molecule has 0 atom stereocenters. The number of hydrogen-bond acceptors (Lipinski definition) is 3. The lowest BCUT2D eigenvalue weighted by Crippen LogP contribution is -2.37. The molecule has 0 aliphatic heterocycles. The Morgan fingerprint density at radius 2 is 1.95 bits per heavy atom. The molecule has 0 aliphatic rings. The zero-order valence-electron chi connectivity index (χ0n) is 12.4. The molecule has 0 bridgehead atoms. The monoisotopic (exact) mass is 336 g/mol. The van der Waals surface area contributed by atoms with Crippen molar-refractivity contribution >= 4 is 34.8 Å². The summed E-state index contributed by atoms with van der Waals surface area (Å²) in [5.74, 6) is -0.384. The summed E-state index contributed by atoms with van der Waals surface area (Å²) in [6.45, 7) is 2.32. The molecule has 0 saturated carbocycles. The van der Waals surface area contributed by atoms with Gasteiger partial charge in [0.05, 0.1) is 17.4 Å². The van der Waals surface area contributed by atoms with E-state index in [0.717, 1.165) is 10.4 Å². The highest BCUT2D eigenvalue weighted by atomic mass is 35.5. The fraction of sp³-hybridized carbons (Fsp3) is 0.250. The zero-order chi connectivity index (χ0) is 16.1. The van der Waals surface area contributed by atoms with Crippen molar-refractivity contribution in [1.29, 1.82) is 0 Å². The van der Waals surface area contributed by atoms with E-state index in [0.29, 0.717) is 16.4 Å². The molecule has 4 nitrogen and oxygen atoms in total. The number of hydrogen-bond donors (Lipinski definition) is 1.